The lowest BCUT2D eigenvalue weighted by Gasteiger charge is -2.12. The predicted molar refractivity (Wildman–Crippen MR) is 130 cm³/mol. The van der Waals surface area contributed by atoms with Crippen LogP contribution < -0.4 is 14.8 Å². The first-order valence-corrected chi connectivity index (χ1v) is 12.0. The van der Waals surface area contributed by atoms with Crippen LogP contribution in [0.15, 0.2) is 95.9 Å². The lowest BCUT2D eigenvalue weighted by atomic mass is 10.1. The Labute approximate surface area is 193 Å². The van der Waals surface area contributed by atoms with Crippen LogP contribution in [0, 0.1) is 6.92 Å². The Morgan fingerprint density at radius 1 is 0.848 bits per heavy atom. The van der Waals surface area contributed by atoms with Crippen LogP contribution in [0.5, 0.6) is 5.75 Å². The highest BCUT2D eigenvalue weighted by Gasteiger charge is 2.19. The van der Waals surface area contributed by atoms with Crippen molar-refractivity contribution in [1.29, 1.82) is 0 Å². The van der Waals surface area contributed by atoms with Crippen molar-refractivity contribution in [3.8, 4) is 5.75 Å². The van der Waals surface area contributed by atoms with Gasteiger partial charge in [0.25, 0.3) is 15.9 Å². The number of hydrogen-bond acceptors (Lipinski definition) is 4. The van der Waals surface area contributed by atoms with Crippen LogP contribution in [-0.4, -0.2) is 27.5 Å². The fraction of sp³-hybridized carbons (Fsp3) is 0.115. The summed E-state index contributed by atoms with van der Waals surface area (Å²) < 4.78 is 34.0. The summed E-state index contributed by atoms with van der Waals surface area (Å²) in [5, 5.41) is 4.98. The van der Waals surface area contributed by atoms with Gasteiger partial charge in [-0.25, -0.2) is 8.42 Å². The number of hydrogen-bond donors (Lipinski definition) is 2. The minimum absolute atomic E-state index is 0.0615. The van der Waals surface area contributed by atoms with Crippen LogP contribution in [0.2, 0.25) is 0 Å². The molecule has 0 saturated heterocycles. The summed E-state index contributed by atoms with van der Waals surface area (Å²) in [6.45, 7) is 2.26. The summed E-state index contributed by atoms with van der Waals surface area (Å²) in [4.78, 5) is 12.7. The first-order valence-electron chi connectivity index (χ1n) is 10.5. The van der Waals surface area contributed by atoms with Gasteiger partial charge >= 0.3 is 0 Å². The normalized spacial score (nSPS) is 11.2. The van der Waals surface area contributed by atoms with Crippen molar-refractivity contribution in [2.24, 2.45) is 0 Å². The van der Waals surface area contributed by atoms with Crippen molar-refractivity contribution in [2.75, 3.05) is 17.9 Å². The molecule has 168 valence electrons. The zero-order valence-electron chi connectivity index (χ0n) is 18.1. The van der Waals surface area contributed by atoms with Crippen molar-refractivity contribution in [3.63, 3.8) is 0 Å². The lowest BCUT2D eigenvalue weighted by molar-refractivity contribution is 0.0947. The molecule has 0 aromatic heterocycles. The molecule has 2 N–H and O–H groups in total. The number of rotatable bonds is 8. The van der Waals surface area contributed by atoms with Gasteiger partial charge in [0.15, 0.2) is 0 Å². The fourth-order valence-corrected chi connectivity index (χ4v) is 4.77. The first-order chi connectivity index (χ1) is 15.9. The van der Waals surface area contributed by atoms with Crippen molar-refractivity contribution in [1.82, 2.24) is 5.32 Å². The highest BCUT2D eigenvalue weighted by atomic mass is 32.2. The summed E-state index contributed by atoms with van der Waals surface area (Å²) >= 11 is 0. The second-order valence-corrected chi connectivity index (χ2v) is 9.22. The smallest absolute Gasteiger partial charge is 0.262 e. The summed E-state index contributed by atoms with van der Waals surface area (Å²) in [5.41, 5.74) is 1.27. The average molecular weight is 461 g/mol. The molecule has 0 radical (unpaired) electrons. The van der Waals surface area contributed by atoms with E-state index in [4.69, 9.17) is 4.74 Å². The van der Waals surface area contributed by atoms with E-state index in [0.717, 1.165) is 16.5 Å². The van der Waals surface area contributed by atoms with E-state index >= 15 is 0 Å². The molecular weight excluding hydrogens is 436 g/mol. The second kappa shape index (κ2) is 9.75. The van der Waals surface area contributed by atoms with Gasteiger partial charge in [0.05, 0.1) is 11.4 Å². The maximum absolute atomic E-state index is 12.8. The molecule has 1 amide bonds. The SMILES string of the molecule is Cc1ccc(C(=O)NCCOc2ccc3ccccc3c2)cc1S(=O)(=O)Nc1ccccc1. The van der Waals surface area contributed by atoms with E-state index in [1.165, 1.54) is 6.07 Å². The maximum Gasteiger partial charge on any atom is 0.262 e. The van der Waals surface area contributed by atoms with Gasteiger partial charge in [-0.2, -0.15) is 0 Å². The third-order valence-corrected chi connectivity index (χ3v) is 6.67. The Hall–Kier alpha value is -3.84. The number of fused-ring (bicyclic) bond motifs is 1. The minimum atomic E-state index is -3.83. The van der Waals surface area contributed by atoms with Gasteiger partial charge in [-0.05, 0) is 59.7 Å². The van der Waals surface area contributed by atoms with Gasteiger partial charge in [0.1, 0.15) is 12.4 Å². The largest absolute Gasteiger partial charge is 0.492 e. The third kappa shape index (κ3) is 5.51. The van der Waals surface area contributed by atoms with Crippen LogP contribution in [0.3, 0.4) is 0 Å². The molecule has 6 nitrogen and oxygen atoms in total. The van der Waals surface area contributed by atoms with Crippen molar-refractivity contribution in [3.05, 3.63) is 102 Å². The topological polar surface area (TPSA) is 84.5 Å². The maximum atomic E-state index is 12.8. The van der Waals surface area contributed by atoms with E-state index in [0.29, 0.717) is 11.3 Å². The van der Waals surface area contributed by atoms with E-state index in [9.17, 15) is 13.2 Å². The molecule has 7 heteroatoms. The summed E-state index contributed by atoms with van der Waals surface area (Å²) in [5.74, 6) is 0.354. The number of anilines is 1. The number of amides is 1. The van der Waals surface area contributed by atoms with Gasteiger partial charge in [0.2, 0.25) is 0 Å². The Bertz CT molecular complexity index is 1390. The Morgan fingerprint density at radius 3 is 2.36 bits per heavy atom. The molecule has 0 unspecified atom stereocenters. The van der Waals surface area contributed by atoms with E-state index in [1.807, 2.05) is 42.5 Å². The molecule has 0 fully saturated rings. The molecule has 4 aromatic carbocycles. The molecule has 4 aromatic rings. The van der Waals surface area contributed by atoms with Gasteiger partial charge in [-0.1, -0.05) is 54.6 Å². The quantitative estimate of drug-likeness (QED) is 0.372. The van der Waals surface area contributed by atoms with Crippen molar-refractivity contribution < 1.29 is 17.9 Å². The Balaban J connectivity index is 1.38. The standard InChI is InChI=1S/C26H24N2O4S/c1-19-11-12-22(18-25(19)33(30,31)28-23-9-3-2-4-10-23)26(29)27-15-16-32-24-14-13-20-7-5-6-8-21(20)17-24/h2-14,17-18,28H,15-16H2,1H3,(H,27,29). The van der Waals surface area contributed by atoms with E-state index in [-0.39, 0.29) is 29.5 Å². The van der Waals surface area contributed by atoms with Gasteiger partial charge < -0.3 is 10.1 Å². The van der Waals surface area contributed by atoms with Gasteiger partial charge in [-0.3, -0.25) is 9.52 Å². The number of aryl methyl sites for hydroxylation is 1. The van der Waals surface area contributed by atoms with Crippen molar-refractivity contribution in [2.45, 2.75) is 11.8 Å². The number of benzene rings is 4. The van der Waals surface area contributed by atoms with Crippen molar-refractivity contribution >= 4 is 32.4 Å². The molecule has 0 aliphatic rings. The molecule has 0 aliphatic carbocycles. The lowest BCUT2D eigenvalue weighted by Crippen LogP contribution is -2.28. The van der Waals surface area contributed by atoms with Gasteiger partial charge in [-0.15, -0.1) is 0 Å². The van der Waals surface area contributed by atoms with Crippen LogP contribution in [0.1, 0.15) is 15.9 Å². The average Bonchev–Trinajstić information content (AvgIpc) is 2.82. The van der Waals surface area contributed by atoms with Crippen LogP contribution in [0.4, 0.5) is 5.69 Å². The number of ether oxygens (including phenoxy) is 1. The Kier molecular flexibility index (Phi) is 6.60. The second-order valence-electron chi connectivity index (χ2n) is 7.57. The highest BCUT2D eigenvalue weighted by Crippen LogP contribution is 2.22. The molecule has 0 saturated carbocycles. The van der Waals surface area contributed by atoms with E-state index in [1.54, 1.807) is 49.4 Å². The predicted octanol–water partition coefficient (Wildman–Crippen LogP) is 4.76. The molecule has 0 atom stereocenters. The molecule has 0 bridgehead atoms. The summed E-state index contributed by atoms with van der Waals surface area (Å²) in [6.07, 6.45) is 0. The molecule has 0 spiro atoms. The highest BCUT2D eigenvalue weighted by molar-refractivity contribution is 7.92. The fourth-order valence-electron chi connectivity index (χ4n) is 3.44. The monoisotopic (exact) mass is 460 g/mol. The zero-order valence-corrected chi connectivity index (χ0v) is 18.9. The first kappa shape index (κ1) is 22.4. The number of para-hydroxylation sites is 1. The number of nitrogens with one attached hydrogen (secondary N) is 2. The van der Waals surface area contributed by atoms with E-state index < -0.39 is 10.0 Å². The molecule has 33 heavy (non-hydrogen) atoms. The number of carbonyl (C=O) groups is 1. The third-order valence-electron chi connectivity index (χ3n) is 5.14. The molecule has 0 heterocycles. The minimum Gasteiger partial charge on any atom is -0.492 e. The Morgan fingerprint density at radius 2 is 1.58 bits per heavy atom. The summed E-state index contributed by atoms with van der Waals surface area (Å²) in [7, 11) is -3.83. The number of sulfonamides is 1. The van der Waals surface area contributed by atoms with Gasteiger partial charge in [0, 0.05) is 11.3 Å². The molecular formula is C26H24N2O4S. The van der Waals surface area contributed by atoms with Crippen LogP contribution in [0.25, 0.3) is 10.8 Å². The zero-order chi connectivity index (χ0) is 23.3. The van der Waals surface area contributed by atoms with E-state index in [2.05, 4.69) is 10.0 Å². The van der Waals surface area contributed by atoms with Crippen LogP contribution in [-0.2, 0) is 10.0 Å². The number of carbonyl (C=O) groups excluding carboxylic acids is 1. The molecule has 4 rings (SSSR count). The van der Waals surface area contributed by atoms with Crippen LogP contribution >= 0.6 is 0 Å². The molecule has 0 aliphatic heterocycles. The summed E-state index contributed by atoms with van der Waals surface area (Å²) in [6, 6.07) is 27.1.